The van der Waals surface area contributed by atoms with Crippen molar-refractivity contribution in [3.05, 3.63) is 35.2 Å². The number of pyridine rings is 1. The van der Waals surface area contributed by atoms with Crippen LogP contribution in [0.3, 0.4) is 0 Å². The third kappa shape index (κ3) is 3.63. The zero-order valence-electron chi connectivity index (χ0n) is 17.5. The first kappa shape index (κ1) is 20.3. The van der Waals surface area contributed by atoms with Crippen LogP contribution in [-0.4, -0.2) is 46.7 Å². The lowest BCUT2D eigenvalue weighted by Crippen LogP contribution is -2.41. The van der Waals surface area contributed by atoms with Gasteiger partial charge in [0.05, 0.1) is 30.6 Å². The SMILES string of the molecule is COc1cc2c(cc1-n1nc(C)c3cnc(Cl)cc31)OCCN2C(=O)OC(C)(C)C. The summed E-state index contributed by atoms with van der Waals surface area (Å²) in [4.78, 5) is 18.4. The summed E-state index contributed by atoms with van der Waals surface area (Å²) in [6.45, 7) is 8.14. The molecule has 0 aliphatic carbocycles. The Balaban J connectivity index is 1.84. The van der Waals surface area contributed by atoms with Gasteiger partial charge in [-0.2, -0.15) is 5.10 Å². The minimum Gasteiger partial charge on any atom is -0.494 e. The van der Waals surface area contributed by atoms with E-state index in [1.807, 2.05) is 33.8 Å². The Morgan fingerprint density at radius 3 is 2.70 bits per heavy atom. The van der Waals surface area contributed by atoms with Gasteiger partial charge in [-0.25, -0.2) is 14.5 Å². The van der Waals surface area contributed by atoms with Gasteiger partial charge in [0.2, 0.25) is 0 Å². The van der Waals surface area contributed by atoms with Gasteiger partial charge in [-0.1, -0.05) is 11.6 Å². The molecular formula is C21H23ClN4O4. The van der Waals surface area contributed by atoms with Gasteiger partial charge in [0.25, 0.3) is 0 Å². The number of hydrogen-bond donors (Lipinski definition) is 0. The van der Waals surface area contributed by atoms with E-state index in [0.717, 1.165) is 16.6 Å². The van der Waals surface area contributed by atoms with Crippen LogP contribution in [0.25, 0.3) is 16.6 Å². The number of aromatic nitrogens is 3. The fourth-order valence-corrected chi connectivity index (χ4v) is 3.54. The van der Waals surface area contributed by atoms with Crippen molar-refractivity contribution in [2.75, 3.05) is 25.2 Å². The van der Waals surface area contributed by atoms with Crippen LogP contribution in [0.5, 0.6) is 11.5 Å². The van der Waals surface area contributed by atoms with E-state index in [2.05, 4.69) is 10.1 Å². The summed E-state index contributed by atoms with van der Waals surface area (Å²) in [5, 5.41) is 5.89. The van der Waals surface area contributed by atoms with E-state index in [0.29, 0.717) is 41.2 Å². The second kappa shape index (κ2) is 7.36. The number of aryl methyl sites for hydroxylation is 1. The minimum absolute atomic E-state index is 0.354. The third-order valence-electron chi connectivity index (χ3n) is 4.68. The number of benzene rings is 1. The molecule has 0 saturated carbocycles. The molecule has 3 aromatic rings. The Bertz CT molecular complexity index is 1140. The van der Waals surface area contributed by atoms with Crippen molar-refractivity contribution in [3.63, 3.8) is 0 Å². The average Bonchev–Trinajstić information content (AvgIpc) is 3.00. The van der Waals surface area contributed by atoms with Crippen LogP contribution in [0.15, 0.2) is 24.4 Å². The van der Waals surface area contributed by atoms with Crippen LogP contribution in [-0.2, 0) is 4.74 Å². The van der Waals surface area contributed by atoms with E-state index in [-0.39, 0.29) is 0 Å². The number of anilines is 1. The Hall–Kier alpha value is -3.00. The van der Waals surface area contributed by atoms with Gasteiger partial charge in [0, 0.05) is 29.8 Å². The molecule has 0 unspecified atom stereocenters. The summed E-state index contributed by atoms with van der Waals surface area (Å²) in [7, 11) is 1.57. The molecule has 0 atom stereocenters. The van der Waals surface area contributed by atoms with E-state index in [1.54, 1.807) is 35.0 Å². The van der Waals surface area contributed by atoms with Gasteiger partial charge < -0.3 is 14.2 Å². The smallest absolute Gasteiger partial charge is 0.415 e. The second-order valence-electron chi connectivity index (χ2n) is 7.99. The highest BCUT2D eigenvalue weighted by Gasteiger charge is 2.30. The number of rotatable bonds is 2. The van der Waals surface area contributed by atoms with Crippen molar-refractivity contribution >= 4 is 34.3 Å². The second-order valence-corrected chi connectivity index (χ2v) is 8.38. The number of methoxy groups -OCH3 is 1. The molecule has 3 heterocycles. The van der Waals surface area contributed by atoms with Crippen molar-refractivity contribution in [2.24, 2.45) is 0 Å². The molecule has 9 heteroatoms. The fraction of sp³-hybridized carbons (Fsp3) is 0.381. The molecule has 1 aromatic carbocycles. The van der Waals surface area contributed by atoms with Crippen LogP contribution in [0.2, 0.25) is 5.15 Å². The van der Waals surface area contributed by atoms with Gasteiger partial charge in [0.1, 0.15) is 34.5 Å². The van der Waals surface area contributed by atoms with Crippen molar-refractivity contribution < 1.29 is 19.0 Å². The Morgan fingerprint density at radius 1 is 1.23 bits per heavy atom. The number of amides is 1. The molecule has 0 spiro atoms. The van der Waals surface area contributed by atoms with Gasteiger partial charge in [-0.3, -0.25) is 4.90 Å². The van der Waals surface area contributed by atoms with Gasteiger partial charge in [-0.05, 0) is 27.7 Å². The molecule has 158 valence electrons. The standard InChI is InChI=1S/C21H23ClN4O4/c1-12-13-11-23-19(22)10-14(13)26(24-12)16-9-18-15(8-17(16)28-5)25(6-7-29-18)20(27)30-21(2,3)4/h8-11H,6-7H2,1-5H3. The highest BCUT2D eigenvalue weighted by atomic mass is 35.5. The number of carbonyl (C=O) groups excluding carboxylic acids is 1. The summed E-state index contributed by atoms with van der Waals surface area (Å²) in [6.07, 6.45) is 1.27. The highest BCUT2D eigenvalue weighted by Crippen LogP contribution is 2.41. The van der Waals surface area contributed by atoms with Crippen LogP contribution in [0.4, 0.5) is 10.5 Å². The lowest BCUT2D eigenvalue weighted by atomic mass is 10.2. The van der Waals surface area contributed by atoms with Crippen LogP contribution in [0, 0.1) is 6.92 Å². The topological polar surface area (TPSA) is 78.7 Å². The monoisotopic (exact) mass is 430 g/mol. The molecule has 0 fully saturated rings. The molecule has 30 heavy (non-hydrogen) atoms. The largest absolute Gasteiger partial charge is 0.494 e. The predicted octanol–water partition coefficient (Wildman–Crippen LogP) is 4.52. The molecule has 4 rings (SSSR count). The first-order valence-electron chi connectivity index (χ1n) is 9.54. The quantitative estimate of drug-likeness (QED) is 0.556. The van der Waals surface area contributed by atoms with Gasteiger partial charge in [-0.15, -0.1) is 0 Å². The maximum atomic E-state index is 12.7. The molecule has 0 N–H and O–H groups in total. The molecule has 8 nitrogen and oxygen atoms in total. The predicted molar refractivity (Wildman–Crippen MR) is 114 cm³/mol. The van der Waals surface area contributed by atoms with E-state index >= 15 is 0 Å². The molecular weight excluding hydrogens is 408 g/mol. The number of halogens is 1. The molecule has 0 bridgehead atoms. The summed E-state index contributed by atoms with van der Waals surface area (Å²) in [5.41, 5.74) is 2.26. The Morgan fingerprint density at radius 2 is 2.00 bits per heavy atom. The normalized spacial score (nSPS) is 13.7. The Labute approximate surface area is 179 Å². The van der Waals surface area contributed by atoms with Crippen molar-refractivity contribution in [2.45, 2.75) is 33.3 Å². The van der Waals surface area contributed by atoms with Crippen molar-refractivity contribution in [3.8, 4) is 17.2 Å². The molecule has 2 aromatic heterocycles. The lowest BCUT2D eigenvalue weighted by Gasteiger charge is -2.32. The molecule has 1 aliphatic heterocycles. The summed E-state index contributed by atoms with van der Waals surface area (Å²) < 4.78 is 18.8. The number of hydrogen-bond acceptors (Lipinski definition) is 6. The molecule has 1 amide bonds. The van der Waals surface area contributed by atoms with Crippen LogP contribution < -0.4 is 14.4 Å². The number of carbonyl (C=O) groups is 1. The first-order valence-corrected chi connectivity index (χ1v) is 9.92. The molecule has 1 aliphatic rings. The van der Waals surface area contributed by atoms with E-state index < -0.39 is 11.7 Å². The van der Waals surface area contributed by atoms with Crippen LogP contribution >= 0.6 is 11.6 Å². The summed E-state index contributed by atoms with van der Waals surface area (Å²) in [6, 6.07) is 5.33. The van der Waals surface area contributed by atoms with Gasteiger partial charge >= 0.3 is 6.09 Å². The third-order valence-corrected chi connectivity index (χ3v) is 4.89. The van der Waals surface area contributed by atoms with Gasteiger partial charge in [0.15, 0.2) is 0 Å². The first-order chi connectivity index (χ1) is 14.2. The van der Waals surface area contributed by atoms with Crippen molar-refractivity contribution in [1.82, 2.24) is 14.8 Å². The molecule has 0 radical (unpaired) electrons. The molecule has 0 saturated heterocycles. The highest BCUT2D eigenvalue weighted by molar-refractivity contribution is 6.30. The minimum atomic E-state index is -0.599. The van der Waals surface area contributed by atoms with Crippen molar-refractivity contribution in [1.29, 1.82) is 0 Å². The van der Waals surface area contributed by atoms with E-state index in [4.69, 9.17) is 25.8 Å². The maximum absolute atomic E-state index is 12.7. The zero-order chi connectivity index (χ0) is 21.6. The zero-order valence-corrected chi connectivity index (χ0v) is 18.3. The van der Waals surface area contributed by atoms with E-state index in [1.165, 1.54) is 0 Å². The van der Waals surface area contributed by atoms with Crippen LogP contribution in [0.1, 0.15) is 26.5 Å². The number of nitrogens with zero attached hydrogens (tertiary/aromatic N) is 4. The number of fused-ring (bicyclic) bond motifs is 2. The fourth-order valence-electron chi connectivity index (χ4n) is 3.38. The summed E-state index contributed by atoms with van der Waals surface area (Å²) in [5.74, 6) is 1.08. The van der Waals surface area contributed by atoms with E-state index in [9.17, 15) is 4.79 Å². The summed E-state index contributed by atoms with van der Waals surface area (Å²) >= 11 is 6.12. The maximum Gasteiger partial charge on any atom is 0.415 e. The number of ether oxygens (including phenoxy) is 3. The average molecular weight is 431 g/mol. The lowest BCUT2D eigenvalue weighted by molar-refractivity contribution is 0.0567. The Kier molecular flexibility index (Phi) is 4.97.